The molecular weight excluding hydrogens is 264 g/mol. The van der Waals surface area contributed by atoms with Gasteiger partial charge in [-0.05, 0) is 43.5 Å². The average Bonchev–Trinajstić information content (AvgIpc) is 2.81. The molecule has 1 N–H and O–H groups in total. The number of hydrogen-bond acceptors (Lipinski definition) is 2. The summed E-state index contributed by atoms with van der Waals surface area (Å²) in [5, 5.41) is 2.83. The summed E-state index contributed by atoms with van der Waals surface area (Å²) in [5.74, 6) is 0.00281. The third-order valence-electron chi connectivity index (χ3n) is 3.82. The van der Waals surface area contributed by atoms with Gasteiger partial charge in [0, 0.05) is 30.8 Å². The maximum absolute atomic E-state index is 12.4. The highest BCUT2D eigenvalue weighted by Crippen LogP contribution is 2.14. The molecule has 0 unspecified atom stereocenters. The normalized spacial score (nSPS) is 15.4. The minimum absolute atomic E-state index is 0.0781. The Kier molecular flexibility index (Phi) is 5.78. The Labute approximate surface area is 126 Å². The van der Waals surface area contributed by atoms with E-state index in [0.29, 0.717) is 17.7 Å². The Morgan fingerprint density at radius 3 is 2.14 bits per heavy atom. The minimum Gasteiger partial charge on any atom is -0.352 e. The van der Waals surface area contributed by atoms with E-state index in [4.69, 9.17) is 0 Å². The van der Waals surface area contributed by atoms with Crippen molar-refractivity contribution in [3.63, 3.8) is 0 Å². The van der Waals surface area contributed by atoms with Crippen LogP contribution in [0.3, 0.4) is 0 Å². The number of carbonyl (C=O) groups is 2. The van der Waals surface area contributed by atoms with Gasteiger partial charge in [0.2, 0.25) is 0 Å². The number of nitrogens with one attached hydrogen (secondary N) is 1. The predicted molar refractivity (Wildman–Crippen MR) is 83.4 cm³/mol. The van der Waals surface area contributed by atoms with Crippen LogP contribution in [0.4, 0.5) is 0 Å². The van der Waals surface area contributed by atoms with E-state index in [1.807, 2.05) is 11.8 Å². The van der Waals surface area contributed by atoms with Crippen LogP contribution in [-0.4, -0.2) is 36.3 Å². The summed E-state index contributed by atoms with van der Waals surface area (Å²) in [6, 6.07) is 6.98. The maximum Gasteiger partial charge on any atom is 0.253 e. The summed E-state index contributed by atoms with van der Waals surface area (Å²) in [7, 11) is 0. The topological polar surface area (TPSA) is 49.4 Å². The van der Waals surface area contributed by atoms with Gasteiger partial charge in [0.05, 0.1) is 0 Å². The molecule has 0 bridgehead atoms. The molecule has 1 fully saturated rings. The summed E-state index contributed by atoms with van der Waals surface area (Å²) >= 11 is 0. The lowest BCUT2D eigenvalue weighted by Gasteiger charge is -2.20. The average molecular weight is 288 g/mol. The first kappa shape index (κ1) is 15.5. The van der Waals surface area contributed by atoms with Crippen LogP contribution in [-0.2, 0) is 0 Å². The van der Waals surface area contributed by atoms with Crippen LogP contribution in [0.1, 0.15) is 59.7 Å². The van der Waals surface area contributed by atoms with Crippen molar-refractivity contribution in [2.24, 2.45) is 0 Å². The van der Waals surface area contributed by atoms with Crippen molar-refractivity contribution in [3.05, 3.63) is 35.4 Å². The van der Waals surface area contributed by atoms with E-state index in [0.717, 1.165) is 32.4 Å². The molecule has 0 radical (unpaired) electrons. The fourth-order valence-electron chi connectivity index (χ4n) is 2.56. The van der Waals surface area contributed by atoms with E-state index >= 15 is 0 Å². The van der Waals surface area contributed by atoms with Crippen LogP contribution >= 0.6 is 0 Å². The Bertz CT molecular complexity index is 474. The zero-order valence-corrected chi connectivity index (χ0v) is 12.7. The molecule has 0 spiro atoms. The Balaban J connectivity index is 2.00. The van der Waals surface area contributed by atoms with Gasteiger partial charge in [-0.2, -0.15) is 0 Å². The van der Waals surface area contributed by atoms with Gasteiger partial charge in [0.25, 0.3) is 11.8 Å². The SMILES string of the molecule is CCCNC(=O)c1ccc(C(=O)N2CCCCCC2)cc1. The number of benzene rings is 1. The Morgan fingerprint density at radius 1 is 1.00 bits per heavy atom. The van der Waals surface area contributed by atoms with Crippen molar-refractivity contribution in [2.45, 2.75) is 39.0 Å². The van der Waals surface area contributed by atoms with Crippen molar-refractivity contribution >= 4 is 11.8 Å². The van der Waals surface area contributed by atoms with Crippen LogP contribution in [0.5, 0.6) is 0 Å². The van der Waals surface area contributed by atoms with Crippen LogP contribution in [0.2, 0.25) is 0 Å². The molecule has 1 aliphatic rings. The summed E-state index contributed by atoms with van der Waals surface area (Å²) in [5.41, 5.74) is 1.28. The molecule has 114 valence electrons. The number of amides is 2. The van der Waals surface area contributed by atoms with Crippen molar-refractivity contribution in [2.75, 3.05) is 19.6 Å². The monoisotopic (exact) mass is 288 g/mol. The van der Waals surface area contributed by atoms with Gasteiger partial charge in [-0.25, -0.2) is 0 Å². The molecule has 1 aromatic carbocycles. The molecule has 21 heavy (non-hydrogen) atoms. The molecule has 1 heterocycles. The smallest absolute Gasteiger partial charge is 0.253 e. The molecule has 4 nitrogen and oxygen atoms in total. The van der Waals surface area contributed by atoms with Crippen LogP contribution in [0, 0.1) is 0 Å². The van der Waals surface area contributed by atoms with E-state index < -0.39 is 0 Å². The second-order valence-electron chi connectivity index (χ2n) is 5.54. The second-order valence-corrected chi connectivity index (χ2v) is 5.54. The van der Waals surface area contributed by atoms with Gasteiger partial charge >= 0.3 is 0 Å². The number of carbonyl (C=O) groups excluding carboxylic acids is 2. The quantitative estimate of drug-likeness (QED) is 0.926. The first-order valence-corrected chi connectivity index (χ1v) is 7.90. The molecule has 4 heteroatoms. The van der Waals surface area contributed by atoms with Crippen LogP contribution in [0.25, 0.3) is 0 Å². The zero-order chi connectivity index (χ0) is 15.1. The number of likely N-dealkylation sites (tertiary alicyclic amines) is 1. The van der Waals surface area contributed by atoms with Gasteiger partial charge in [0.15, 0.2) is 0 Å². The highest BCUT2D eigenvalue weighted by atomic mass is 16.2. The minimum atomic E-state index is -0.0781. The first-order chi connectivity index (χ1) is 10.2. The molecule has 2 rings (SSSR count). The maximum atomic E-state index is 12.4. The van der Waals surface area contributed by atoms with E-state index in [2.05, 4.69) is 5.32 Å². The first-order valence-electron chi connectivity index (χ1n) is 7.90. The zero-order valence-electron chi connectivity index (χ0n) is 12.7. The lowest BCUT2D eigenvalue weighted by Crippen LogP contribution is -2.31. The molecule has 0 aliphatic carbocycles. The molecule has 0 aromatic heterocycles. The van der Waals surface area contributed by atoms with Crippen molar-refractivity contribution < 1.29 is 9.59 Å². The highest BCUT2D eigenvalue weighted by Gasteiger charge is 2.17. The van der Waals surface area contributed by atoms with E-state index in [9.17, 15) is 9.59 Å². The summed E-state index contributed by atoms with van der Waals surface area (Å²) < 4.78 is 0. The fourth-order valence-corrected chi connectivity index (χ4v) is 2.56. The molecule has 0 saturated carbocycles. The lowest BCUT2D eigenvalue weighted by atomic mass is 10.1. The van der Waals surface area contributed by atoms with E-state index in [1.54, 1.807) is 24.3 Å². The Hall–Kier alpha value is -1.84. The molecule has 2 amide bonds. The molecule has 0 atom stereocenters. The summed E-state index contributed by atoms with van der Waals surface area (Å²) in [6.45, 7) is 4.38. The summed E-state index contributed by atoms with van der Waals surface area (Å²) in [6.07, 6.45) is 5.50. The largest absolute Gasteiger partial charge is 0.352 e. The van der Waals surface area contributed by atoms with E-state index in [-0.39, 0.29) is 11.8 Å². The van der Waals surface area contributed by atoms with Crippen molar-refractivity contribution in [1.29, 1.82) is 0 Å². The van der Waals surface area contributed by atoms with Gasteiger partial charge in [-0.3, -0.25) is 9.59 Å². The Morgan fingerprint density at radius 2 is 1.57 bits per heavy atom. The number of hydrogen-bond donors (Lipinski definition) is 1. The van der Waals surface area contributed by atoms with Crippen LogP contribution < -0.4 is 5.32 Å². The molecule has 1 aromatic rings. The third kappa shape index (κ3) is 4.31. The van der Waals surface area contributed by atoms with Crippen molar-refractivity contribution in [3.8, 4) is 0 Å². The van der Waals surface area contributed by atoms with Gasteiger partial charge in [-0.15, -0.1) is 0 Å². The molecular formula is C17H24N2O2. The molecule has 1 aliphatic heterocycles. The number of nitrogens with zero attached hydrogens (tertiary/aromatic N) is 1. The van der Waals surface area contributed by atoms with Gasteiger partial charge in [-0.1, -0.05) is 19.8 Å². The number of rotatable bonds is 4. The fraction of sp³-hybridized carbons (Fsp3) is 0.529. The van der Waals surface area contributed by atoms with E-state index in [1.165, 1.54) is 12.8 Å². The van der Waals surface area contributed by atoms with Crippen LogP contribution in [0.15, 0.2) is 24.3 Å². The standard InChI is InChI=1S/C17H24N2O2/c1-2-11-18-16(20)14-7-9-15(10-8-14)17(21)19-12-5-3-4-6-13-19/h7-10H,2-6,11-13H2,1H3,(H,18,20). The molecule has 1 saturated heterocycles. The second kappa shape index (κ2) is 7.81. The van der Waals surface area contributed by atoms with Crippen molar-refractivity contribution in [1.82, 2.24) is 10.2 Å². The van der Waals surface area contributed by atoms with Gasteiger partial charge < -0.3 is 10.2 Å². The predicted octanol–water partition coefficient (Wildman–Crippen LogP) is 2.84. The highest BCUT2D eigenvalue weighted by molar-refractivity contribution is 5.97. The summed E-state index contributed by atoms with van der Waals surface area (Å²) in [4.78, 5) is 26.2. The lowest BCUT2D eigenvalue weighted by molar-refractivity contribution is 0.0761. The third-order valence-corrected chi connectivity index (χ3v) is 3.82. The van der Waals surface area contributed by atoms with Gasteiger partial charge in [0.1, 0.15) is 0 Å².